The zero-order valence-electron chi connectivity index (χ0n) is 15.6. The highest BCUT2D eigenvalue weighted by atomic mass is 16.7. The summed E-state index contributed by atoms with van der Waals surface area (Å²) in [6.07, 6.45) is -0.821. The molecule has 0 unspecified atom stereocenters. The molecule has 9 heteroatoms. The van der Waals surface area contributed by atoms with Gasteiger partial charge < -0.3 is 14.8 Å². The SMILES string of the molecule is COC(=O)[C@H](CCON1C(=O)c2ccccc2C1=O)NC(=O)OC(C)(C)C. The maximum atomic E-state index is 12.2. The van der Waals surface area contributed by atoms with Crippen molar-refractivity contribution >= 4 is 23.9 Å². The number of hydrogen-bond acceptors (Lipinski definition) is 7. The quantitative estimate of drug-likeness (QED) is 0.592. The average Bonchev–Trinajstić information content (AvgIpc) is 2.83. The van der Waals surface area contributed by atoms with Crippen LogP contribution in [0.15, 0.2) is 24.3 Å². The number of carbonyl (C=O) groups is 4. The second kappa shape index (κ2) is 8.17. The molecule has 0 radical (unpaired) electrons. The Labute approximate surface area is 156 Å². The number of carbonyl (C=O) groups excluding carboxylic acids is 4. The van der Waals surface area contributed by atoms with Crippen molar-refractivity contribution in [1.82, 2.24) is 10.4 Å². The molecule has 0 saturated heterocycles. The number of benzene rings is 1. The normalized spacial score (nSPS) is 14.6. The third-order valence-electron chi connectivity index (χ3n) is 3.56. The number of esters is 1. The molecule has 3 amide bonds. The molecule has 0 fully saturated rings. The van der Waals surface area contributed by atoms with Crippen LogP contribution >= 0.6 is 0 Å². The first kappa shape index (κ1) is 20.4. The van der Waals surface area contributed by atoms with Gasteiger partial charge in [-0.05, 0) is 32.9 Å². The van der Waals surface area contributed by atoms with Crippen LogP contribution in [-0.2, 0) is 19.1 Å². The highest BCUT2D eigenvalue weighted by molar-refractivity contribution is 6.20. The first-order valence-corrected chi connectivity index (χ1v) is 8.32. The van der Waals surface area contributed by atoms with Gasteiger partial charge >= 0.3 is 12.1 Å². The zero-order chi connectivity index (χ0) is 20.2. The van der Waals surface area contributed by atoms with Crippen molar-refractivity contribution < 1.29 is 33.5 Å². The van der Waals surface area contributed by atoms with E-state index in [0.29, 0.717) is 5.06 Å². The summed E-state index contributed by atoms with van der Waals surface area (Å²) >= 11 is 0. The number of methoxy groups -OCH3 is 1. The van der Waals surface area contributed by atoms with Gasteiger partial charge in [0.05, 0.1) is 24.8 Å². The molecule has 146 valence electrons. The van der Waals surface area contributed by atoms with E-state index in [9.17, 15) is 19.2 Å². The van der Waals surface area contributed by atoms with Gasteiger partial charge in [-0.15, -0.1) is 5.06 Å². The van der Waals surface area contributed by atoms with Crippen LogP contribution in [0.5, 0.6) is 0 Å². The topological polar surface area (TPSA) is 111 Å². The predicted octanol–water partition coefficient (Wildman–Crippen LogP) is 1.67. The van der Waals surface area contributed by atoms with Crippen LogP contribution in [0, 0.1) is 0 Å². The Balaban J connectivity index is 1.94. The Hall–Kier alpha value is -2.94. The van der Waals surface area contributed by atoms with Crippen molar-refractivity contribution in [2.24, 2.45) is 0 Å². The van der Waals surface area contributed by atoms with Crippen molar-refractivity contribution in [1.29, 1.82) is 0 Å². The van der Waals surface area contributed by atoms with E-state index in [1.165, 1.54) is 19.2 Å². The molecule has 2 rings (SSSR count). The molecule has 27 heavy (non-hydrogen) atoms. The smallest absolute Gasteiger partial charge is 0.408 e. The van der Waals surface area contributed by atoms with Crippen LogP contribution in [0.2, 0.25) is 0 Å². The van der Waals surface area contributed by atoms with E-state index in [2.05, 4.69) is 10.1 Å². The van der Waals surface area contributed by atoms with Gasteiger partial charge in [-0.1, -0.05) is 12.1 Å². The second-order valence-electron chi connectivity index (χ2n) is 6.79. The maximum absolute atomic E-state index is 12.2. The second-order valence-corrected chi connectivity index (χ2v) is 6.79. The molecular formula is C18H22N2O7. The van der Waals surface area contributed by atoms with Crippen LogP contribution in [0.4, 0.5) is 4.79 Å². The van der Waals surface area contributed by atoms with Gasteiger partial charge in [0.25, 0.3) is 11.8 Å². The summed E-state index contributed by atoms with van der Waals surface area (Å²) in [5.74, 6) is -1.86. The third-order valence-corrected chi connectivity index (χ3v) is 3.56. The Morgan fingerprint density at radius 1 is 1.11 bits per heavy atom. The van der Waals surface area contributed by atoms with Gasteiger partial charge in [0.1, 0.15) is 11.6 Å². The van der Waals surface area contributed by atoms with Gasteiger partial charge in [0.15, 0.2) is 0 Å². The summed E-state index contributed by atoms with van der Waals surface area (Å²) in [5.41, 5.74) is -0.237. The number of nitrogens with one attached hydrogen (secondary N) is 1. The van der Waals surface area contributed by atoms with Gasteiger partial charge in [-0.25, -0.2) is 9.59 Å². The number of fused-ring (bicyclic) bond motifs is 1. The summed E-state index contributed by atoms with van der Waals surface area (Å²) < 4.78 is 9.75. The molecule has 0 aliphatic carbocycles. The van der Waals surface area contributed by atoms with E-state index >= 15 is 0 Å². The van der Waals surface area contributed by atoms with E-state index < -0.39 is 35.5 Å². The van der Waals surface area contributed by atoms with E-state index in [0.717, 1.165) is 0 Å². The first-order chi connectivity index (χ1) is 12.6. The predicted molar refractivity (Wildman–Crippen MR) is 92.7 cm³/mol. The molecule has 1 aromatic rings. The number of hydrogen-bond donors (Lipinski definition) is 1. The largest absolute Gasteiger partial charge is 0.467 e. The minimum absolute atomic E-state index is 0.0285. The van der Waals surface area contributed by atoms with Crippen molar-refractivity contribution in [3.8, 4) is 0 Å². The van der Waals surface area contributed by atoms with Crippen molar-refractivity contribution in [3.05, 3.63) is 35.4 Å². The van der Waals surface area contributed by atoms with Crippen LogP contribution in [-0.4, -0.2) is 54.3 Å². The molecular weight excluding hydrogens is 356 g/mol. The van der Waals surface area contributed by atoms with E-state index in [1.807, 2.05) is 0 Å². The summed E-state index contributed by atoms with van der Waals surface area (Å²) in [6, 6.07) is 5.29. The molecule has 0 bridgehead atoms. The number of rotatable bonds is 6. The van der Waals surface area contributed by atoms with E-state index in [4.69, 9.17) is 9.57 Å². The zero-order valence-corrected chi connectivity index (χ0v) is 15.6. The van der Waals surface area contributed by atoms with Crippen molar-refractivity contribution in [2.45, 2.75) is 38.8 Å². The highest BCUT2D eigenvalue weighted by Gasteiger charge is 2.36. The average molecular weight is 378 g/mol. The van der Waals surface area contributed by atoms with Crippen molar-refractivity contribution in [2.75, 3.05) is 13.7 Å². The van der Waals surface area contributed by atoms with Gasteiger partial charge in [0, 0.05) is 6.42 Å². The lowest BCUT2D eigenvalue weighted by Crippen LogP contribution is -2.45. The molecule has 0 aromatic heterocycles. The fraction of sp³-hybridized carbons (Fsp3) is 0.444. The Kier molecular flexibility index (Phi) is 6.17. The maximum Gasteiger partial charge on any atom is 0.408 e. The Morgan fingerprint density at radius 2 is 1.67 bits per heavy atom. The molecule has 0 spiro atoms. The molecule has 1 atom stereocenters. The Bertz CT molecular complexity index is 719. The lowest BCUT2D eigenvalue weighted by Gasteiger charge is -2.23. The molecule has 1 aliphatic heterocycles. The van der Waals surface area contributed by atoms with Crippen LogP contribution < -0.4 is 5.32 Å². The number of ether oxygens (including phenoxy) is 2. The minimum atomic E-state index is -1.06. The standard InChI is InChI=1S/C18H22N2O7/c1-18(2,3)27-17(24)19-13(16(23)25-4)9-10-26-20-14(21)11-7-5-6-8-12(11)15(20)22/h5-8,13H,9-10H2,1-4H3,(H,19,24)/t13-/m0/s1. The lowest BCUT2D eigenvalue weighted by molar-refractivity contribution is -0.144. The molecule has 1 aliphatic rings. The van der Waals surface area contributed by atoms with E-state index in [-0.39, 0.29) is 24.2 Å². The summed E-state index contributed by atoms with van der Waals surface area (Å²) in [5, 5.41) is 3.03. The highest BCUT2D eigenvalue weighted by Crippen LogP contribution is 2.22. The van der Waals surface area contributed by atoms with Crippen LogP contribution in [0.25, 0.3) is 0 Å². The molecule has 1 N–H and O–H groups in total. The third kappa shape index (κ3) is 5.04. The summed E-state index contributed by atoms with van der Waals surface area (Å²) in [4.78, 5) is 53.4. The Morgan fingerprint density at radius 3 is 2.15 bits per heavy atom. The monoisotopic (exact) mass is 378 g/mol. The number of nitrogens with zero attached hydrogens (tertiary/aromatic N) is 1. The van der Waals surface area contributed by atoms with Crippen LogP contribution in [0.1, 0.15) is 47.9 Å². The summed E-state index contributed by atoms with van der Waals surface area (Å²) in [6.45, 7) is 4.88. The molecule has 1 heterocycles. The molecule has 9 nitrogen and oxygen atoms in total. The number of alkyl carbamates (subject to hydrolysis) is 1. The van der Waals surface area contributed by atoms with Gasteiger partial charge in [0.2, 0.25) is 0 Å². The van der Waals surface area contributed by atoms with Crippen molar-refractivity contribution in [3.63, 3.8) is 0 Å². The fourth-order valence-electron chi connectivity index (χ4n) is 2.39. The van der Waals surface area contributed by atoms with Gasteiger partial charge in [-0.2, -0.15) is 0 Å². The molecule has 0 saturated carbocycles. The number of hydroxylamine groups is 2. The number of imide groups is 1. The molecule has 1 aromatic carbocycles. The van der Waals surface area contributed by atoms with Gasteiger partial charge in [-0.3, -0.25) is 14.4 Å². The van der Waals surface area contributed by atoms with E-state index in [1.54, 1.807) is 32.9 Å². The summed E-state index contributed by atoms with van der Waals surface area (Å²) in [7, 11) is 1.18. The fourth-order valence-corrected chi connectivity index (χ4v) is 2.39. The lowest BCUT2D eigenvalue weighted by atomic mass is 10.1. The minimum Gasteiger partial charge on any atom is -0.467 e. The first-order valence-electron chi connectivity index (χ1n) is 8.32. The van der Waals surface area contributed by atoms with Crippen LogP contribution in [0.3, 0.4) is 0 Å². The number of amides is 3.